The highest BCUT2D eigenvalue weighted by Gasteiger charge is 2.30. The first kappa shape index (κ1) is 26.5. The van der Waals surface area contributed by atoms with Gasteiger partial charge in [-0.15, -0.1) is 0 Å². The highest BCUT2D eigenvalue weighted by Crippen LogP contribution is 2.31. The van der Waals surface area contributed by atoms with Crippen LogP contribution >= 0.6 is 0 Å². The number of allylic oxidation sites excluding steroid dienone is 1. The van der Waals surface area contributed by atoms with Crippen LogP contribution in [0.2, 0.25) is 0 Å². The van der Waals surface area contributed by atoms with Crippen LogP contribution in [0.5, 0.6) is 0 Å². The molecule has 1 unspecified atom stereocenters. The van der Waals surface area contributed by atoms with Crippen molar-refractivity contribution in [3.05, 3.63) is 62.9 Å². The normalized spacial score (nSPS) is 18.7. The number of guanidine groups is 1. The Morgan fingerprint density at radius 2 is 1.94 bits per heavy atom. The number of nitrogens with one attached hydrogen (secondary N) is 2. The molecule has 35 heavy (non-hydrogen) atoms. The van der Waals surface area contributed by atoms with Gasteiger partial charge in [0, 0.05) is 24.2 Å². The summed E-state index contributed by atoms with van der Waals surface area (Å²) >= 11 is 0. The molecule has 6 nitrogen and oxygen atoms in total. The summed E-state index contributed by atoms with van der Waals surface area (Å²) in [4.78, 5) is 23.6. The fourth-order valence-electron chi connectivity index (χ4n) is 4.54. The number of pyridine rings is 1. The average molecular weight is 477 g/mol. The van der Waals surface area contributed by atoms with Gasteiger partial charge < -0.3 is 9.88 Å². The average Bonchev–Trinajstić information content (AvgIpc) is 3.51. The van der Waals surface area contributed by atoms with E-state index in [-0.39, 0.29) is 11.8 Å². The first-order valence-electron chi connectivity index (χ1n) is 12.7. The minimum Gasteiger partial charge on any atom is -0.325 e. The Labute approximate surface area is 209 Å². The van der Waals surface area contributed by atoms with Crippen LogP contribution in [0.1, 0.15) is 65.4 Å². The topological polar surface area (TPSA) is 67.7 Å². The van der Waals surface area contributed by atoms with E-state index in [1.807, 2.05) is 64.2 Å². The molecule has 1 fully saturated rings. The van der Waals surface area contributed by atoms with Gasteiger partial charge in [0.1, 0.15) is 0 Å². The SMILES string of the molecule is C=C(C)/C=c1\c(=C/C)cc(-c2cc(NC3=NC(C4CCCC4)ON3)ccc2C)c(=O)n1C.CCC. The van der Waals surface area contributed by atoms with Gasteiger partial charge in [0.15, 0.2) is 6.23 Å². The molecule has 0 spiro atoms. The molecule has 1 aliphatic carbocycles. The summed E-state index contributed by atoms with van der Waals surface area (Å²) in [5, 5.41) is 5.17. The number of hydroxylamine groups is 1. The predicted octanol–water partition coefficient (Wildman–Crippen LogP) is 4.75. The van der Waals surface area contributed by atoms with E-state index >= 15 is 0 Å². The van der Waals surface area contributed by atoms with Crippen molar-refractivity contribution in [1.29, 1.82) is 0 Å². The molecule has 4 rings (SSSR count). The molecular formula is C29H40N4O2. The predicted molar refractivity (Wildman–Crippen MR) is 148 cm³/mol. The lowest BCUT2D eigenvalue weighted by atomic mass is 10.00. The van der Waals surface area contributed by atoms with Gasteiger partial charge in [0.25, 0.3) is 5.56 Å². The summed E-state index contributed by atoms with van der Waals surface area (Å²) in [6, 6.07) is 7.98. The zero-order valence-electron chi connectivity index (χ0n) is 22.1. The van der Waals surface area contributed by atoms with Gasteiger partial charge in [0.2, 0.25) is 5.96 Å². The lowest BCUT2D eigenvalue weighted by Gasteiger charge is -2.12. The van der Waals surface area contributed by atoms with E-state index in [1.165, 1.54) is 19.3 Å². The molecule has 2 heterocycles. The maximum Gasteiger partial charge on any atom is 0.258 e. The van der Waals surface area contributed by atoms with Crippen LogP contribution in [0.3, 0.4) is 0 Å². The number of nitrogens with zero attached hydrogens (tertiary/aromatic N) is 2. The van der Waals surface area contributed by atoms with Crippen LogP contribution < -0.4 is 26.9 Å². The van der Waals surface area contributed by atoms with Gasteiger partial charge >= 0.3 is 0 Å². The monoisotopic (exact) mass is 476 g/mol. The van der Waals surface area contributed by atoms with Crippen LogP contribution in [0.4, 0.5) is 5.69 Å². The second-order valence-electron chi connectivity index (χ2n) is 9.54. The molecule has 0 bridgehead atoms. The van der Waals surface area contributed by atoms with Crippen LogP contribution in [-0.4, -0.2) is 16.8 Å². The Kier molecular flexibility index (Phi) is 9.10. The lowest BCUT2D eigenvalue weighted by molar-refractivity contribution is 0.00284. The fraction of sp³-hybridized carbons (Fsp3) is 0.448. The Morgan fingerprint density at radius 3 is 2.57 bits per heavy atom. The molecule has 1 aromatic heterocycles. The molecule has 1 atom stereocenters. The van der Waals surface area contributed by atoms with Gasteiger partial charge in [-0.05, 0) is 74.2 Å². The molecule has 2 N–H and O–H groups in total. The first-order valence-corrected chi connectivity index (χ1v) is 12.7. The maximum absolute atomic E-state index is 13.3. The summed E-state index contributed by atoms with van der Waals surface area (Å²) in [6.45, 7) is 14.1. The molecule has 1 saturated carbocycles. The Balaban J connectivity index is 0.00000108. The molecule has 2 aromatic rings. The number of anilines is 1. The van der Waals surface area contributed by atoms with E-state index in [1.54, 1.807) is 4.57 Å². The molecular weight excluding hydrogens is 436 g/mol. The number of aliphatic imine (C=N–C) groups is 1. The molecule has 0 amide bonds. The summed E-state index contributed by atoms with van der Waals surface area (Å²) in [7, 11) is 1.81. The van der Waals surface area contributed by atoms with Crippen LogP contribution in [-0.2, 0) is 11.9 Å². The Hall–Kier alpha value is -3.12. The van der Waals surface area contributed by atoms with Gasteiger partial charge in [-0.2, -0.15) is 0 Å². The minimum absolute atomic E-state index is 0.0377. The van der Waals surface area contributed by atoms with E-state index in [4.69, 9.17) is 4.84 Å². The van der Waals surface area contributed by atoms with Crippen molar-refractivity contribution in [1.82, 2.24) is 10.0 Å². The van der Waals surface area contributed by atoms with Crippen LogP contribution in [0.25, 0.3) is 23.3 Å². The van der Waals surface area contributed by atoms with Gasteiger partial charge in [0.05, 0.1) is 5.35 Å². The number of aromatic nitrogens is 1. The Bertz CT molecular complexity index is 1270. The van der Waals surface area contributed by atoms with Crippen molar-refractivity contribution in [2.24, 2.45) is 18.0 Å². The van der Waals surface area contributed by atoms with Gasteiger partial charge in [-0.25, -0.2) is 15.3 Å². The van der Waals surface area contributed by atoms with E-state index in [0.717, 1.165) is 45.8 Å². The van der Waals surface area contributed by atoms with Crippen molar-refractivity contribution in [2.45, 2.75) is 73.0 Å². The molecule has 0 saturated heterocycles. The Morgan fingerprint density at radius 1 is 1.26 bits per heavy atom. The van der Waals surface area contributed by atoms with Gasteiger partial charge in [-0.3, -0.25) is 4.79 Å². The standard InChI is InChI=1S/C26H32N4O2.C3H8/c1-6-18-14-22(25(31)30(5)23(18)13-16(2)3)21-15-20(12-11-17(21)4)27-26-28-24(32-29-26)19-9-7-8-10-19;1-3-2/h6,11-15,19,24H,2,7-10H2,1,3-5H3,(H2,27,28,29);3H2,1-2H3/b18-6-,23-13+;. The van der Waals surface area contributed by atoms with Crippen molar-refractivity contribution in [2.75, 3.05) is 5.32 Å². The van der Waals surface area contributed by atoms with Crippen molar-refractivity contribution in [3.63, 3.8) is 0 Å². The van der Waals surface area contributed by atoms with E-state index < -0.39 is 0 Å². The molecule has 0 radical (unpaired) electrons. The molecule has 2 aliphatic rings. The maximum atomic E-state index is 13.3. The number of benzene rings is 1. The van der Waals surface area contributed by atoms with Crippen LogP contribution in [0, 0.1) is 12.8 Å². The second-order valence-corrected chi connectivity index (χ2v) is 9.54. The fourth-order valence-corrected chi connectivity index (χ4v) is 4.54. The summed E-state index contributed by atoms with van der Waals surface area (Å²) in [5.41, 5.74) is 7.25. The zero-order chi connectivity index (χ0) is 25.5. The molecule has 1 aromatic carbocycles. The third-order valence-electron chi connectivity index (χ3n) is 6.31. The molecule has 1 aliphatic heterocycles. The van der Waals surface area contributed by atoms with Crippen molar-refractivity contribution >= 4 is 23.8 Å². The first-order chi connectivity index (χ1) is 16.8. The summed E-state index contributed by atoms with van der Waals surface area (Å²) in [6.07, 6.45) is 9.91. The lowest BCUT2D eigenvalue weighted by Crippen LogP contribution is -2.42. The summed E-state index contributed by atoms with van der Waals surface area (Å²) in [5.74, 6) is 1.09. The van der Waals surface area contributed by atoms with E-state index in [2.05, 4.69) is 36.2 Å². The van der Waals surface area contributed by atoms with Gasteiger partial charge in [-0.1, -0.05) is 57.4 Å². The third kappa shape index (κ3) is 6.31. The number of rotatable bonds is 4. The number of hydrogen-bond donors (Lipinski definition) is 2. The minimum atomic E-state index is -0.128. The highest BCUT2D eigenvalue weighted by atomic mass is 16.7. The quantitative estimate of drug-likeness (QED) is 0.668. The largest absolute Gasteiger partial charge is 0.325 e. The summed E-state index contributed by atoms with van der Waals surface area (Å²) < 4.78 is 1.70. The number of aryl methyl sites for hydroxylation is 1. The second kappa shape index (κ2) is 12.0. The van der Waals surface area contributed by atoms with E-state index in [0.29, 0.717) is 17.4 Å². The number of hydrogen-bond acceptors (Lipinski definition) is 5. The zero-order valence-corrected chi connectivity index (χ0v) is 22.1. The molecule has 188 valence electrons. The third-order valence-corrected chi connectivity index (χ3v) is 6.31. The van der Waals surface area contributed by atoms with Crippen molar-refractivity contribution in [3.8, 4) is 11.1 Å². The molecule has 6 heteroatoms. The smallest absolute Gasteiger partial charge is 0.258 e. The van der Waals surface area contributed by atoms with E-state index in [9.17, 15) is 4.79 Å². The van der Waals surface area contributed by atoms with Crippen molar-refractivity contribution < 1.29 is 4.84 Å². The van der Waals surface area contributed by atoms with Crippen LogP contribution in [0.15, 0.2) is 46.2 Å². The highest BCUT2D eigenvalue weighted by molar-refractivity contribution is 5.94.